The monoisotopic (exact) mass is 442 g/mol. The highest BCUT2D eigenvalue weighted by molar-refractivity contribution is 7.18. The van der Waals surface area contributed by atoms with Gasteiger partial charge in [0.15, 0.2) is 0 Å². The lowest BCUT2D eigenvalue weighted by atomic mass is 10.1. The van der Waals surface area contributed by atoms with Crippen molar-refractivity contribution in [3.05, 3.63) is 44.1 Å². The van der Waals surface area contributed by atoms with Crippen LogP contribution in [0.2, 0.25) is 0 Å². The first kappa shape index (κ1) is 21.7. The summed E-state index contributed by atoms with van der Waals surface area (Å²) in [6, 6.07) is 0. The van der Waals surface area contributed by atoms with Crippen molar-refractivity contribution in [2.24, 2.45) is 7.05 Å². The maximum Gasteiger partial charge on any atom is 0.262 e. The van der Waals surface area contributed by atoms with Crippen molar-refractivity contribution in [3.63, 3.8) is 0 Å². The van der Waals surface area contributed by atoms with Gasteiger partial charge in [0.25, 0.3) is 5.56 Å². The van der Waals surface area contributed by atoms with E-state index >= 15 is 0 Å². The van der Waals surface area contributed by atoms with Gasteiger partial charge in [-0.3, -0.25) is 23.7 Å². The first-order chi connectivity index (χ1) is 14.8. The number of fused-ring (bicyclic) bond motifs is 1. The van der Waals surface area contributed by atoms with Crippen molar-refractivity contribution in [1.82, 2.24) is 29.1 Å². The molecule has 9 heteroatoms. The number of hydrogen-bond donors (Lipinski definition) is 0. The highest BCUT2D eigenvalue weighted by Gasteiger charge is 2.23. The van der Waals surface area contributed by atoms with Gasteiger partial charge in [-0.25, -0.2) is 4.98 Å². The third-order valence-electron chi connectivity index (χ3n) is 6.49. The standard InChI is InChI=1S/C22H30N6O2S/c1-14-17(4)31-21-20(14)22(30)28(13-23-21)7-6-19(29)27-10-8-26(9-11-27)12-18-15(2)24-25(5)16(18)3/h13H,6-12H2,1-5H3. The van der Waals surface area contributed by atoms with Gasteiger partial charge in [-0.15, -0.1) is 11.3 Å². The van der Waals surface area contributed by atoms with Gasteiger partial charge in [0, 0.05) is 68.9 Å². The Hall–Kier alpha value is -2.52. The van der Waals surface area contributed by atoms with Gasteiger partial charge in [0.2, 0.25) is 5.91 Å². The van der Waals surface area contributed by atoms with Crippen LogP contribution in [-0.4, -0.2) is 61.2 Å². The molecule has 4 rings (SSSR count). The summed E-state index contributed by atoms with van der Waals surface area (Å²) in [5.74, 6) is 0.0959. The summed E-state index contributed by atoms with van der Waals surface area (Å²) in [5.41, 5.74) is 4.50. The molecule has 0 aliphatic carbocycles. The maximum absolute atomic E-state index is 12.8. The molecule has 3 aromatic rings. The van der Waals surface area contributed by atoms with Crippen LogP contribution in [0.15, 0.2) is 11.1 Å². The molecule has 0 N–H and O–H groups in total. The summed E-state index contributed by atoms with van der Waals surface area (Å²) in [7, 11) is 1.97. The zero-order valence-electron chi connectivity index (χ0n) is 18.9. The van der Waals surface area contributed by atoms with E-state index in [-0.39, 0.29) is 11.5 Å². The Morgan fingerprint density at radius 3 is 2.48 bits per heavy atom. The molecule has 3 aromatic heterocycles. The second-order valence-corrected chi connectivity index (χ2v) is 9.59. The van der Waals surface area contributed by atoms with Gasteiger partial charge in [-0.2, -0.15) is 5.10 Å². The second kappa shape index (κ2) is 8.55. The number of amides is 1. The minimum atomic E-state index is -0.0494. The Morgan fingerprint density at radius 1 is 1.13 bits per heavy atom. The van der Waals surface area contributed by atoms with Crippen LogP contribution in [0.25, 0.3) is 10.2 Å². The lowest BCUT2D eigenvalue weighted by Gasteiger charge is -2.35. The minimum absolute atomic E-state index is 0.0494. The molecule has 0 saturated carbocycles. The number of piperazine rings is 1. The molecular formula is C22H30N6O2S. The van der Waals surface area contributed by atoms with E-state index in [1.807, 2.05) is 30.5 Å². The number of carbonyl (C=O) groups excluding carboxylic acids is 1. The van der Waals surface area contributed by atoms with Crippen LogP contribution >= 0.6 is 11.3 Å². The average Bonchev–Trinajstić information content (AvgIpc) is 3.17. The number of aromatic nitrogens is 4. The Morgan fingerprint density at radius 2 is 1.84 bits per heavy atom. The molecular weight excluding hydrogens is 412 g/mol. The molecule has 0 unspecified atom stereocenters. The molecule has 31 heavy (non-hydrogen) atoms. The van der Waals surface area contributed by atoms with Crippen LogP contribution in [0.3, 0.4) is 0 Å². The molecule has 0 atom stereocenters. The summed E-state index contributed by atoms with van der Waals surface area (Å²) < 4.78 is 3.50. The van der Waals surface area contributed by atoms with Gasteiger partial charge in [-0.1, -0.05) is 0 Å². The molecule has 1 fully saturated rings. The molecule has 0 radical (unpaired) electrons. The fourth-order valence-electron chi connectivity index (χ4n) is 4.23. The molecule has 1 saturated heterocycles. The van der Waals surface area contributed by atoms with Crippen LogP contribution in [0.4, 0.5) is 0 Å². The molecule has 166 valence electrons. The quantitative estimate of drug-likeness (QED) is 0.605. The van der Waals surface area contributed by atoms with E-state index in [1.54, 1.807) is 22.2 Å². The molecule has 0 bridgehead atoms. The van der Waals surface area contributed by atoms with E-state index in [1.165, 1.54) is 11.3 Å². The maximum atomic E-state index is 12.8. The van der Waals surface area contributed by atoms with Gasteiger partial charge < -0.3 is 4.90 Å². The van der Waals surface area contributed by atoms with Crippen LogP contribution in [0, 0.1) is 27.7 Å². The number of hydrogen-bond acceptors (Lipinski definition) is 6. The van der Waals surface area contributed by atoms with Gasteiger partial charge in [0.05, 0.1) is 17.4 Å². The number of nitrogens with zero attached hydrogens (tertiary/aromatic N) is 6. The third-order valence-corrected chi connectivity index (χ3v) is 7.60. The predicted octanol–water partition coefficient (Wildman–Crippen LogP) is 2.16. The van der Waals surface area contributed by atoms with Crippen molar-refractivity contribution in [2.45, 2.75) is 47.2 Å². The van der Waals surface area contributed by atoms with Crippen molar-refractivity contribution >= 4 is 27.5 Å². The SMILES string of the molecule is Cc1nn(C)c(C)c1CN1CCN(C(=O)CCn2cnc3sc(C)c(C)c3c2=O)CC1. The van der Waals surface area contributed by atoms with Gasteiger partial charge in [0.1, 0.15) is 4.83 Å². The minimum Gasteiger partial charge on any atom is -0.340 e. The lowest BCUT2D eigenvalue weighted by molar-refractivity contribution is -0.133. The first-order valence-electron chi connectivity index (χ1n) is 10.7. The number of aryl methyl sites for hydroxylation is 5. The van der Waals surface area contributed by atoms with Gasteiger partial charge in [-0.05, 0) is 33.3 Å². The largest absolute Gasteiger partial charge is 0.340 e. The molecule has 8 nitrogen and oxygen atoms in total. The fraction of sp³-hybridized carbons (Fsp3) is 0.545. The zero-order chi connectivity index (χ0) is 22.3. The second-order valence-electron chi connectivity index (χ2n) is 8.39. The summed E-state index contributed by atoms with van der Waals surface area (Å²) in [6.45, 7) is 12.5. The Balaban J connectivity index is 1.33. The number of rotatable bonds is 5. The molecule has 4 heterocycles. The molecule has 0 spiro atoms. The van der Waals surface area contributed by atoms with E-state index in [0.29, 0.717) is 31.4 Å². The highest BCUT2D eigenvalue weighted by atomic mass is 32.1. The van der Waals surface area contributed by atoms with Crippen LogP contribution in [0.1, 0.15) is 33.8 Å². The van der Waals surface area contributed by atoms with Crippen molar-refractivity contribution in [3.8, 4) is 0 Å². The Kier molecular flexibility index (Phi) is 5.98. The number of thiophene rings is 1. The Labute approximate surface area is 186 Å². The third kappa shape index (κ3) is 4.16. The van der Waals surface area contributed by atoms with Gasteiger partial charge >= 0.3 is 0 Å². The van der Waals surface area contributed by atoms with E-state index in [2.05, 4.69) is 28.8 Å². The van der Waals surface area contributed by atoms with Crippen molar-refractivity contribution in [1.29, 1.82) is 0 Å². The molecule has 1 amide bonds. The molecule has 1 aliphatic heterocycles. The van der Waals surface area contributed by atoms with Crippen molar-refractivity contribution in [2.75, 3.05) is 26.2 Å². The van der Waals surface area contributed by atoms with Crippen LogP contribution < -0.4 is 5.56 Å². The Bertz CT molecular complexity index is 1180. The zero-order valence-corrected chi connectivity index (χ0v) is 19.8. The molecule has 1 aliphatic rings. The first-order valence-corrected chi connectivity index (χ1v) is 11.5. The van der Waals surface area contributed by atoms with E-state index in [9.17, 15) is 9.59 Å². The summed E-state index contributed by atoms with van der Waals surface area (Å²) in [4.78, 5) is 36.2. The lowest BCUT2D eigenvalue weighted by Crippen LogP contribution is -2.48. The van der Waals surface area contributed by atoms with E-state index in [4.69, 9.17) is 0 Å². The summed E-state index contributed by atoms with van der Waals surface area (Å²) >= 11 is 1.54. The topological polar surface area (TPSA) is 76.3 Å². The van der Waals surface area contributed by atoms with E-state index < -0.39 is 0 Å². The summed E-state index contributed by atoms with van der Waals surface area (Å²) in [5, 5.41) is 5.19. The predicted molar refractivity (Wildman–Crippen MR) is 123 cm³/mol. The van der Waals surface area contributed by atoms with Crippen LogP contribution in [-0.2, 0) is 24.9 Å². The van der Waals surface area contributed by atoms with Crippen molar-refractivity contribution < 1.29 is 4.79 Å². The van der Waals surface area contributed by atoms with E-state index in [0.717, 1.165) is 40.6 Å². The normalized spacial score (nSPS) is 15.2. The smallest absolute Gasteiger partial charge is 0.262 e. The van der Waals surface area contributed by atoms with Crippen LogP contribution in [0.5, 0.6) is 0 Å². The molecule has 0 aromatic carbocycles. The fourth-order valence-corrected chi connectivity index (χ4v) is 5.22. The number of carbonyl (C=O) groups is 1. The summed E-state index contributed by atoms with van der Waals surface area (Å²) in [6.07, 6.45) is 1.89. The highest BCUT2D eigenvalue weighted by Crippen LogP contribution is 2.25. The average molecular weight is 443 g/mol.